The molecule has 0 saturated heterocycles. The quantitative estimate of drug-likeness (QED) is 0.816. The van der Waals surface area contributed by atoms with Crippen LogP contribution >= 0.6 is 0 Å². The van der Waals surface area contributed by atoms with Crippen LogP contribution in [0.1, 0.15) is 23.6 Å². The summed E-state index contributed by atoms with van der Waals surface area (Å²) in [5.41, 5.74) is 5.17. The zero-order valence-corrected chi connectivity index (χ0v) is 11.6. The van der Waals surface area contributed by atoms with E-state index in [1.807, 2.05) is 32.2 Å². The van der Waals surface area contributed by atoms with Gasteiger partial charge in [0.05, 0.1) is 11.3 Å². The first-order valence-corrected chi connectivity index (χ1v) is 6.49. The van der Waals surface area contributed by atoms with Gasteiger partial charge in [-0.05, 0) is 48.7 Å². The van der Waals surface area contributed by atoms with E-state index in [1.54, 1.807) is 0 Å². The Hall–Kier alpha value is -2.27. The van der Waals surface area contributed by atoms with Gasteiger partial charge in [-0.1, -0.05) is 25.1 Å². The molecule has 19 heavy (non-hydrogen) atoms. The van der Waals surface area contributed by atoms with Crippen LogP contribution in [0.3, 0.4) is 0 Å². The summed E-state index contributed by atoms with van der Waals surface area (Å²) in [6, 6.07) is 16.7. The number of anilines is 2. The topological polar surface area (TPSA) is 27.0 Å². The summed E-state index contributed by atoms with van der Waals surface area (Å²) in [5, 5.41) is 9.24. The molecule has 0 heterocycles. The average Bonchev–Trinajstić information content (AvgIpc) is 2.46. The first kappa shape index (κ1) is 13.2. The largest absolute Gasteiger partial charge is 0.344 e. The Bertz CT molecular complexity index is 606. The van der Waals surface area contributed by atoms with Crippen LogP contribution in [0.25, 0.3) is 0 Å². The van der Waals surface area contributed by atoms with E-state index in [0.29, 0.717) is 5.56 Å². The number of rotatable bonds is 3. The summed E-state index contributed by atoms with van der Waals surface area (Å²) in [4.78, 5) is 2.05. The highest BCUT2D eigenvalue weighted by Gasteiger charge is 2.09. The van der Waals surface area contributed by atoms with E-state index in [9.17, 15) is 5.26 Å². The molecule has 0 fully saturated rings. The Morgan fingerprint density at radius 2 is 1.79 bits per heavy atom. The van der Waals surface area contributed by atoms with Gasteiger partial charge in [0.2, 0.25) is 0 Å². The summed E-state index contributed by atoms with van der Waals surface area (Å²) in [6.45, 7) is 4.15. The Labute approximate surface area is 114 Å². The SMILES string of the molecule is CCc1ccc(N(C)c2ccc(C)cc2C#N)cc1. The third-order valence-corrected chi connectivity index (χ3v) is 3.37. The Balaban J connectivity index is 2.38. The molecule has 0 unspecified atom stereocenters. The molecule has 0 saturated carbocycles. The number of benzene rings is 2. The molecule has 0 atom stereocenters. The van der Waals surface area contributed by atoms with Gasteiger partial charge in [-0.25, -0.2) is 0 Å². The Kier molecular flexibility index (Phi) is 3.87. The molecule has 0 bridgehead atoms. The highest BCUT2D eigenvalue weighted by Crippen LogP contribution is 2.27. The van der Waals surface area contributed by atoms with E-state index < -0.39 is 0 Å². The third-order valence-electron chi connectivity index (χ3n) is 3.37. The van der Waals surface area contributed by atoms with Gasteiger partial charge in [0.25, 0.3) is 0 Å². The second-order valence-electron chi connectivity index (χ2n) is 4.71. The second kappa shape index (κ2) is 5.58. The van der Waals surface area contributed by atoms with Crippen molar-refractivity contribution in [3.05, 3.63) is 59.2 Å². The fourth-order valence-corrected chi connectivity index (χ4v) is 2.13. The van der Waals surface area contributed by atoms with Crippen LogP contribution in [-0.2, 0) is 6.42 Å². The van der Waals surface area contributed by atoms with E-state index in [2.05, 4.69) is 42.2 Å². The van der Waals surface area contributed by atoms with Crippen LogP contribution in [0.15, 0.2) is 42.5 Å². The molecule has 0 radical (unpaired) electrons. The zero-order chi connectivity index (χ0) is 13.8. The van der Waals surface area contributed by atoms with E-state index in [1.165, 1.54) is 5.56 Å². The zero-order valence-electron chi connectivity index (χ0n) is 11.6. The fourth-order valence-electron chi connectivity index (χ4n) is 2.13. The second-order valence-corrected chi connectivity index (χ2v) is 4.71. The number of aryl methyl sites for hydroxylation is 2. The molecule has 0 spiro atoms. The molecule has 96 valence electrons. The van der Waals surface area contributed by atoms with Crippen molar-refractivity contribution >= 4 is 11.4 Å². The molecule has 2 rings (SSSR count). The summed E-state index contributed by atoms with van der Waals surface area (Å²) >= 11 is 0. The van der Waals surface area contributed by atoms with Crippen molar-refractivity contribution in [3.63, 3.8) is 0 Å². The van der Waals surface area contributed by atoms with Gasteiger partial charge >= 0.3 is 0 Å². The van der Waals surface area contributed by atoms with E-state index in [-0.39, 0.29) is 0 Å². The minimum Gasteiger partial charge on any atom is -0.344 e. The van der Waals surface area contributed by atoms with Crippen LogP contribution < -0.4 is 4.90 Å². The van der Waals surface area contributed by atoms with Crippen LogP contribution in [-0.4, -0.2) is 7.05 Å². The molecule has 0 N–H and O–H groups in total. The lowest BCUT2D eigenvalue weighted by Crippen LogP contribution is -2.11. The highest BCUT2D eigenvalue weighted by molar-refractivity contribution is 5.69. The number of hydrogen-bond acceptors (Lipinski definition) is 2. The molecule has 2 nitrogen and oxygen atoms in total. The first-order chi connectivity index (χ1) is 9.15. The van der Waals surface area contributed by atoms with Crippen molar-refractivity contribution in [2.75, 3.05) is 11.9 Å². The molecular weight excluding hydrogens is 232 g/mol. The molecule has 0 aliphatic carbocycles. The Morgan fingerprint density at radius 3 is 2.37 bits per heavy atom. The monoisotopic (exact) mass is 250 g/mol. The van der Waals surface area contributed by atoms with Crippen molar-refractivity contribution in [1.82, 2.24) is 0 Å². The van der Waals surface area contributed by atoms with Gasteiger partial charge < -0.3 is 4.90 Å². The average molecular weight is 250 g/mol. The minimum absolute atomic E-state index is 0.710. The predicted octanol–water partition coefficient (Wildman–Crippen LogP) is 4.20. The fraction of sp³-hybridized carbons (Fsp3) is 0.235. The normalized spacial score (nSPS) is 10.0. The number of hydrogen-bond donors (Lipinski definition) is 0. The summed E-state index contributed by atoms with van der Waals surface area (Å²) in [5.74, 6) is 0. The third kappa shape index (κ3) is 2.77. The van der Waals surface area contributed by atoms with E-state index in [4.69, 9.17) is 0 Å². The lowest BCUT2D eigenvalue weighted by atomic mass is 10.1. The van der Waals surface area contributed by atoms with Crippen molar-refractivity contribution in [1.29, 1.82) is 5.26 Å². The first-order valence-electron chi connectivity index (χ1n) is 6.49. The van der Waals surface area contributed by atoms with Crippen LogP contribution in [0.2, 0.25) is 0 Å². The van der Waals surface area contributed by atoms with Gasteiger partial charge in [0.15, 0.2) is 0 Å². The molecule has 0 amide bonds. The van der Waals surface area contributed by atoms with Gasteiger partial charge in [-0.15, -0.1) is 0 Å². The number of nitriles is 1. The standard InChI is InChI=1S/C17H18N2/c1-4-14-6-8-16(9-7-14)19(3)17-10-5-13(2)11-15(17)12-18/h5-11H,4H2,1-3H3. The highest BCUT2D eigenvalue weighted by atomic mass is 15.1. The van der Waals surface area contributed by atoms with Gasteiger partial charge in [-0.3, -0.25) is 0 Å². The van der Waals surface area contributed by atoms with E-state index in [0.717, 1.165) is 23.4 Å². The molecule has 0 aliphatic rings. The lowest BCUT2D eigenvalue weighted by Gasteiger charge is -2.21. The molecule has 0 aromatic heterocycles. The minimum atomic E-state index is 0.710. The van der Waals surface area contributed by atoms with Crippen molar-refractivity contribution < 1.29 is 0 Å². The summed E-state index contributed by atoms with van der Waals surface area (Å²) in [6.07, 6.45) is 1.04. The summed E-state index contributed by atoms with van der Waals surface area (Å²) in [7, 11) is 1.99. The smallest absolute Gasteiger partial charge is 0.101 e. The molecule has 2 aromatic rings. The van der Waals surface area contributed by atoms with Gasteiger partial charge in [0, 0.05) is 12.7 Å². The van der Waals surface area contributed by atoms with Crippen molar-refractivity contribution in [2.24, 2.45) is 0 Å². The van der Waals surface area contributed by atoms with Crippen LogP contribution in [0.5, 0.6) is 0 Å². The maximum absolute atomic E-state index is 9.24. The maximum Gasteiger partial charge on any atom is 0.101 e. The van der Waals surface area contributed by atoms with E-state index >= 15 is 0 Å². The molecular formula is C17H18N2. The predicted molar refractivity (Wildman–Crippen MR) is 79.8 cm³/mol. The molecule has 2 heteroatoms. The van der Waals surface area contributed by atoms with Gasteiger partial charge in [0.1, 0.15) is 6.07 Å². The summed E-state index contributed by atoms with van der Waals surface area (Å²) < 4.78 is 0. The number of nitrogens with zero attached hydrogens (tertiary/aromatic N) is 2. The van der Waals surface area contributed by atoms with Crippen molar-refractivity contribution in [2.45, 2.75) is 20.3 Å². The van der Waals surface area contributed by atoms with Crippen molar-refractivity contribution in [3.8, 4) is 6.07 Å². The maximum atomic E-state index is 9.24. The lowest BCUT2D eigenvalue weighted by molar-refractivity contribution is 1.13. The molecule has 0 aliphatic heterocycles. The van der Waals surface area contributed by atoms with Crippen LogP contribution in [0, 0.1) is 18.3 Å². The van der Waals surface area contributed by atoms with Gasteiger partial charge in [-0.2, -0.15) is 5.26 Å². The van der Waals surface area contributed by atoms with Crippen LogP contribution in [0.4, 0.5) is 11.4 Å². The Morgan fingerprint density at radius 1 is 1.11 bits per heavy atom. The molecule has 2 aromatic carbocycles.